The molecule has 0 aliphatic carbocycles. The lowest BCUT2D eigenvalue weighted by Gasteiger charge is -2.18. The summed E-state index contributed by atoms with van der Waals surface area (Å²) in [5.41, 5.74) is -0.118. The van der Waals surface area contributed by atoms with Crippen LogP contribution in [0.4, 0.5) is 18.9 Å². The minimum absolute atomic E-state index is 0.118. The number of nitrogens with zero attached hydrogens (tertiary/aromatic N) is 2. The summed E-state index contributed by atoms with van der Waals surface area (Å²) in [7, 11) is 0. The fraction of sp³-hybridized carbons (Fsp3) is 0.429. The molecule has 0 bridgehead atoms. The number of benzene rings is 1. The first-order chi connectivity index (χ1) is 11.6. The maximum absolute atomic E-state index is 12.9. The first-order valence-electron chi connectivity index (χ1n) is 7.04. The lowest BCUT2D eigenvalue weighted by atomic mass is 9.96. The summed E-state index contributed by atoms with van der Waals surface area (Å²) in [5.74, 6) is -6.14. The quantitative estimate of drug-likeness (QED) is 0.480. The molecular formula is C14H13F3N2O5S. The van der Waals surface area contributed by atoms with E-state index >= 15 is 0 Å². The molecular weight excluding hydrogens is 365 g/mol. The molecule has 1 N–H and O–H groups in total. The standard InChI is InChI=1S/C14H13F3N2O5S/c15-14(16,17)11-6-18(5-10(11)13(21)22)12(20)7-25-9-3-1-8(2-4-9)19(23)24/h1-4,10-11H,5-7H2,(H,21,22)/t10-,11-/m1/s1. The van der Waals surface area contributed by atoms with Gasteiger partial charge in [-0.05, 0) is 12.1 Å². The number of carbonyl (C=O) groups excluding carboxylic acids is 1. The van der Waals surface area contributed by atoms with Crippen LogP contribution in [-0.4, -0.2) is 51.8 Å². The molecule has 1 fully saturated rings. The van der Waals surface area contributed by atoms with Gasteiger partial charge in [-0.15, -0.1) is 11.8 Å². The second kappa shape index (κ2) is 7.30. The van der Waals surface area contributed by atoms with Crippen molar-refractivity contribution in [3.05, 3.63) is 34.4 Å². The van der Waals surface area contributed by atoms with E-state index in [4.69, 9.17) is 5.11 Å². The number of nitro groups is 1. The Kier molecular flexibility index (Phi) is 5.55. The smallest absolute Gasteiger partial charge is 0.394 e. The molecule has 0 saturated carbocycles. The maximum Gasteiger partial charge on any atom is 0.394 e. The number of halogens is 3. The predicted octanol–water partition coefficient (Wildman–Crippen LogP) is 2.41. The summed E-state index contributed by atoms with van der Waals surface area (Å²) >= 11 is 1.01. The number of nitro benzene ring substituents is 1. The van der Waals surface area contributed by atoms with Crippen LogP contribution >= 0.6 is 11.8 Å². The monoisotopic (exact) mass is 378 g/mol. The Hall–Kier alpha value is -2.30. The number of hydrogen-bond donors (Lipinski definition) is 1. The number of likely N-dealkylation sites (tertiary alicyclic amines) is 1. The molecule has 25 heavy (non-hydrogen) atoms. The van der Waals surface area contributed by atoms with Gasteiger partial charge >= 0.3 is 12.1 Å². The molecule has 0 radical (unpaired) electrons. The Labute approximate surface area is 143 Å². The highest BCUT2D eigenvalue weighted by Gasteiger charge is 2.53. The number of aliphatic carboxylic acids is 1. The van der Waals surface area contributed by atoms with Crippen molar-refractivity contribution in [1.29, 1.82) is 0 Å². The first kappa shape index (κ1) is 19.0. The third-order valence-corrected chi connectivity index (χ3v) is 4.82. The zero-order valence-corrected chi connectivity index (χ0v) is 13.4. The molecule has 2 rings (SSSR count). The van der Waals surface area contributed by atoms with Gasteiger partial charge in [0.15, 0.2) is 0 Å². The van der Waals surface area contributed by atoms with Crippen LogP contribution in [0.3, 0.4) is 0 Å². The highest BCUT2D eigenvalue weighted by atomic mass is 32.2. The number of amides is 1. The third-order valence-electron chi connectivity index (χ3n) is 3.82. The molecule has 1 aliphatic rings. The largest absolute Gasteiger partial charge is 0.481 e. The Morgan fingerprint density at radius 1 is 1.28 bits per heavy atom. The summed E-state index contributed by atoms with van der Waals surface area (Å²) in [5, 5.41) is 19.5. The SMILES string of the molecule is O=C(O)[C@@H]1CN(C(=O)CSc2ccc([N+](=O)[O-])cc2)C[C@H]1C(F)(F)F. The van der Waals surface area contributed by atoms with E-state index in [0.717, 1.165) is 16.7 Å². The van der Waals surface area contributed by atoms with Gasteiger partial charge in [0.2, 0.25) is 5.91 Å². The van der Waals surface area contributed by atoms with Gasteiger partial charge < -0.3 is 10.0 Å². The van der Waals surface area contributed by atoms with Gasteiger partial charge in [-0.3, -0.25) is 19.7 Å². The van der Waals surface area contributed by atoms with Crippen LogP contribution in [0.5, 0.6) is 0 Å². The maximum atomic E-state index is 12.9. The minimum atomic E-state index is -4.69. The van der Waals surface area contributed by atoms with Crippen molar-refractivity contribution >= 4 is 29.3 Å². The lowest BCUT2D eigenvalue weighted by molar-refractivity contribution is -0.384. The van der Waals surface area contributed by atoms with Crippen molar-refractivity contribution in [2.45, 2.75) is 11.1 Å². The molecule has 0 aromatic heterocycles. The van der Waals surface area contributed by atoms with Gasteiger partial charge in [-0.2, -0.15) is 13.2 Å². The normalized spacial score (nSPS) is 20.5. The topological polar surface area (TPSA) is 101 Å². The molecule has 1 amide bonds. The Morgan fingerprint density at radius 3 is 2.32 bits per heavy atom. The number of alkyl halides is 3. The van der Waals surface area contributed by atoms with Crippen molar-refractivity contribution in [3.63, 3.8) is 0 Å². The summed E-state index contributed by atoms with van der Waals surface area (Å²) in [6.07, 6.45) is -4.69. The fourth-order valence-electron chi connectivity index (χ4n) is 2.49. The number of thioether (sulfide) groups is 1. The van der Waals surface area contributed by atoms with E-state index < -0.39 is 47.9 Å². The van der Waals surface area contributed by atoms with E-state index in [-0.39, 0.29) is 11.4 Å². The van der Waals surface area contributed by atoms with E-state index in [1.54, 1.807) is 0 Å². The lowest BCUT2D eigenvalue weighted by Crippen LogP contribution is -2.34. The van der Waals surface area contributed by atoms with Crippen LogP contribution in [0.25, 0.3) is 0 Å². The van der Waals surface area contributed by atoms with Crippen molar-refractivity contribution in [3.8, 4) is 0 Å². The second-order valence-corrected chi connectivity index (χ2v) is 6.48. The zero-order chi connectivity index (χ0) is 18.8. The Balaban J connectivity index is 1.97. The minimum Gasteiger partial charge on any atom is -0.481 e. The Morgan fingerprint density at radius 2 is 1.88 bits per heavy atom. The number of carboxylic acid groups (broad SMARTS) is 1. The van der Waals surface area contributed by atoms with E-state index in [1.165, 1.54) is 24.3 Å². The molecule has 7 nitrogen and oxygen atoms in total. The van der Waals surface area contributed by atoms with Gasteiger partial charge in [-0.1, -0.05) is 0 Å². The molecule has 1 aliphatic heterocycles. The Bertz CT molecular complexity index is 680. The van der Waals surface area contributed by atoms with Gasteiger partial charge in [0, 0.05) is 30.1 Å². The van der Waals surface area contributed by atoms with Gasteiger partial charge in [0.25, 0.3) is 5.69 Å². The van der Waals surface area contributed by atoms with Gasteiger partial charge in [0.05, 0.1) is 22.5 Å². The number of rotatable bonds is 5. The molecule has 2 atom stereocenters. The van der Waals surface area contributed by atoms with Crippen LogP contribution in [0, 0.1) is 22.0 Å². The fourth-order valence-corrected chi connectivity index (χ4v) is 3.29. The molecule has 1 saturated heterocycles. The number of non-ortho nitro benzene ring substituents is 1. The van der Waals surface area contributed by atoms with Crippen molar-refractivity contribution in [2.75, 3.05) is 18.8 Å². The van der Waals surface area contributed by atoms with Crippen LogP contribution in [0.15, 0.2) is 29.2 Å². The van der Waals surface area contributed by atoms with Crippen LogP contribution in [0.2, 0.25) is 0 Å². The highest BCUT2D eigenvalue weighted by molar-refractivity contribution is 8.00. The molecule has 136 valence electrons. The molecule has 1 heterocycles. The number of carboxylic acids is 1. The average Bonchev–Trinajstić information content (AvgIpc) is 2.99. The number of hydrogen-bond acceptors (Lipinski definition) is 5. The van der Waals surface area contributed by atoms with E-state index in [0.29, 0.717) is 4.90 Å². The summed E-state index contributed by atoms with van der Waals surface area (Å²) < 4.78 is 38.7. The zero-order valence-electron chi connectivity index (χ0n) is 12.6. The molecule has 1 aromatic rings. The summed E-state index contributed by atoms with van der Waals surface area (Å²) in [6, 6.07) is 5.36. The predicted molar refractivity (Wildman–Crippen MR) is 81.1 cm³/mol. The molecule has 0 unspecified atom stereocenters. The van der Waals surface area contributed by atoms with Crippen molar-refractivity contribution < 1.29 is 32.8 Å². The number of carbonyl (C=O) groups is 2. The highest BCUT2D eigenvalue weighted by Crippen LogP contribution is 2.38. The van der Waals surface area contributed by atoms with Gasteiger partial charge in [-0.25, -0.2) is 0 Å². The first-order valence-corrected chi connectivity index (χ1v) is 8.02. The molecule has 0 spiro atoms. The van der Waals surface area contributed by atoms with E-state index in [2.05, 4.69) is 0 Å². The van der Waals surface area contributed by atoms with Crippen molar-refractivity contribution in [1.82, 2.24) is 4.90 Å². The van der Waals surface area contributed by atoms with E-state index in [9.17, 15) is 32.9 Å². The second-order valence-electron chi connectivity index (χ2n) is 5.43. The summed E-state index contributed by atoms with van der Waals surface area (Å²) in [4.78, 5) is 34.5. The van der Waals surface area contributed by atoms with E-state index in [1.807, 2.05) is 0 Å². The van der Waals surface area contributed by atoms with Crippen molar-refractivity contribution in [2.24, 2.45) is 11.8 Å². The average molecular weight is 378 g/mol. The van der Waals surface area contributed by atoms with Gasteiger partial charge in [0.1, 0.15) is 0 Å². The van der Waals surface area contributed by atoms with Crippen LogP contribution in [0.1, 0.15) is 0 Å². The molecule has 11 heteroatoms. The van der Waals surface area contributed by atoms with Crippen LogP contribution in [-0.2, 0) is 9.59 Å². The summed E-state index contributed by atoms with van der Waals surface area (Å²) in [6.45, 7) is -1.17. The third kappa shape index (κ3) is 4.62. The molecule has 1 aromatic carbocycles. The van der Waals surface area contributed by atoms with Crippen LogP contribution < -0.4 is 0 Å².